The van der Waals surface area contributed by atoms with Crippen LogP contribution in [0.4, 0.5) is 0 Å². The van der Waals surface area contributed by atoms with Gasteiger partial charge in [-0.3, -0.25) is 9.59 Å². The molecule has 3 unspecified atom stereocenters. The van der Waals surface area contributed by atoms with Gasteiger partial charge in [0.2, 0.25) is 0 Å². The monoisotopic (exact) mass is 342 g/mol. The third-order valence-corrected chi connectivity index (χ3v) is 4.23. The summed E-state index contributed by atoms with van der Waals surface area (Å²) in [5.74, 6) is -2.07. The van der Waals surface area contributed by atoms with Crippen molar-refractivity contribution >= 4 is 11.8 Å². The Balaban J connectivity index is 3.85. The van der Waals surface area contributed by atoms with Crippen LogP contribution in [0.1, 0.15) is 78.1 Å². The number of allylic oxidation sites excluding steroid dienone is 1. The molecule has 140 valence electrons. The molecule has 0 rings (SSSR count). The summed E-state index contributed by atoms with van der Waals surface area (Å²) in [7, 11) is 0. The van der Waals surface area contributed by atoms with Crippen LogP contribution in [0.3, 0.4) is 0 Å². The zero-order valence-electron chi connectivity index (χ0n) is 15.1. The van der Waals surface area contributed by atoms with Crippen LogP contribution in [0.2, 0.25) is 0 Å². The SMILES string of the molecule is CCCCCCCCC/C=C\C(=O)C(O)C(O)CCC(C)C(=O)O. The second-order valence-electron chi connectivity index (χ2n) is 6.54. The van der Waals surface area contributed by atoms with E-state index in [1.165, 1.54) is 45.1 Å². The Bertz CT molecular complexity index is 378. The van der Waals surface area contributed by atoms with E-state index >= 15 is 0 Å². The van der Waals surface area contributed by atoms with Gasteiger partial charge >= 0.3 is 5.97 Å². The minimum absolute atomic E-state index is 0.0893. The molecule has 5 heteroatoms. The number of ketones is 1. The number of carbonyl (C=O) groups excluding carboxylic acids is 1. The first-order chi connectivity index (χ1) is 11.4. The molecular weight excluding hydrogens is 308 g/mol. The maximum absolute atomic E-state index is 11.8. The molecule has 0 saturated carbocycles. The van der Waals surface area contributed by atoms with Gasteiger partial charge < -0.3 is 15.3 Å². The summed E-state index contributed by atoms with van der Waals surface area (Å²) in [6, 6.07) is 0. The molecule has 0 spiro atoms. The van der Waals surface area contributed by atoms with Crippen LogP contribution in [0.15, 0.2) is 12.2 Å². The lowest BCUT2D eigenvalue weighted by molar-refractivity contribution is -0.141. The highest BCUT2D eigenvalue weighted by Crippen LogP contribution is 2.12. The largest absolute Gasteiger partial charge is 0.481 e. The number of carboxylic acids is 1. The van der Waals surface area contributed by atoms with Crippen LogP contribution in [-0.4, -0.2) is 39.3 Å². The van der Waals surface area contributed by atoms with Crippen molar-refractivity contribution < 1.29 is 24.9 Å². The maximum atomic E-state index is 11.8. The second-order valence-corrected chi connectivity index (χ2v) is 6.54. The van der Waals surface area contributed by atoms with E-state index in [1.807, 2.05) is 0 Å². The van der Waals surface area contributed by atoms with Gasteiger partial charge in [-0.2, -0.15) is 0 Å². The zero-order chi connectivity index (χ0) is 18.4. The molecule has 0 heterocycles. The van der Waals surface area contributed by atoms with E-state index in [0.717, 1.165) is 19.3 Å². The molecule has 0 bridgehead atoms. The van der Waals surface area contributed by atoms with E-state index in [4.69, 9.17) is 5.11 Å². The van der Waals surface area contributed by atoms with Gasteiger partial charge in [0.05, 0.1) is 12.0 Å². The summed E-state index contributed by atoms with van der Waals surface area (Å²) in [5.41, 5.74) is 0. The number of carboxylic acid groups (broad SMARTS) is 1. The Morgan fingerprint density at radius 2 is 1.54 bits per heavy atom. The highest BCUT2D eigenvalue weighted by molar-refractivity contribution is 5.93. The average Bonchev–Trinajstić information content (AvgIpc) is 2.56. The van der Waals surface area contributed by atoms with Gasteiger partial charge in [0.1, 0.15) is 6.10 Å². The summed E-state index contributed by atoms with van der Waals surface area (Å²) in [5, 5.41) is 28.3. The number of hydrogen-bond donors (Lipinski definition) is 3. The fourth-order valence-electron chi connectivity index (χ4n) is 2.41. The highest BCUT2D eigenvalue weighted by atomic mass is 16.4. The van der Waals surface area contributed by atoms with E-state index in [-0.39, 0.29) is 12.8 Å². The van der Waals surface area contributed by atoms with Gasteiger partial charge in [-0.15, -0.1) is 0 Å². The van der Waals surface area contributed by atoms with Crippen LogP contribution in [0.25, 0.3) is 0 Å². The quantitative estimate of drug-likeness (QED) is 0.313. The molecule has 0 saturated heterocycles. The van der Waals surface area contributed by atoms with Gasteiger partial charge in [0.15, 0.2) is 5.78 Å². The van der Waals surface area contributed by atoms with E-state index < -0.39 is 29.9 Å². The summed E-state index contributed by atoms with van der Waals surface area (Å²) in [6.07, 6.45) is 9.93. The topological polar surface area (TPSA) is 94.8 Å². The molecule has 3 N–H and O–H groups in total. The Morgan fingerprint density at radius 1 is 0.958 bits per heavy atom. The van der Waals surface area contributed by atoms with Crippen molar-refractivity contribution in [3.05, 3.63) is 12.2 Å². The number of hydrogen-bond acceptors (Lipinski definition) is 4. The smallest absolute Gasteiger partial charge is 0.306 e. The molecule has 0 amide bonds. The van der Waals surface area contributed by atoms with Crippen molar-refractivity contribution in [3.63, 3.8) is 0 Å². The van der Waals surface area contributed by atoms with Crippen LogP contribution >= 0.6 is 0 Å². The summed E-state index contributed by atoms with van der Waals surface area (Å²) < 4.78 is 0. The number of carbonyl (C=O) groups is 2. The minimum atomic E-state index is -1.48. The lowest BCUT2D eigenvalue weighted by Crippen LogP contribution is -2.33. The first-order valence-electron chi connectivity index (χ1n) is 9.19. The second kappa shape index (κ2) is 14.2. The molecule has 0 aliphatic heterocycles. The zero-order valence-corrected chi connectivity index (χ0v) is 15.1. The summed E-state index contributed by atoms with van der Waals surface area (Å²) in [6.45, 7) is 3.73. The van der Waals surface area contributed by atoms with E-state index in [9.17, 15) is 19.8 Å². The van der Waals surface area contributed by atoms with Crippen LogP contribution in [0.5, 0.6) is 0 Å². The predicted molar refractivity (Wildman–Crippen MR) is 94.8 cm³/mol. The molecular formula is C19H34O5. The Labute approximate surface area is 145 Å². The normalized spacial score (nSPS) is 15.3. The average molecular weight is 342 g/mol. The van der Waals surface area contributed by atoms with Crippen molar-refractivity contribution in [2.75, 3.05) is 0 Å². The Kier molecular flexibility index (Phi) is 13.5. The first kappa shape index (κ1) is 22.8. The van der Waals surface area contributed by atoms with Gasteiger partial charge in [0, 0.05) is 0 Å². The van der Waals surface area contributed by atoms with Crippen molar-refractivity contribution in [1.29, 1.82) is 0 Å². The number of unbranched alkanes of at least 4 members (excludes halogenated alkanes) is 7. The molecule has 5 nitrogen and oxygen atoms in total. The molecule has 0 fully saturated rings. The molecule has 0 aromatic heterocycles. The molecule has 0 aliphatic rings. The van der Waals surface area contributed by atoms with E-state index in [1.54, 1.807) is 6.08 Å². The lowest BCUT2D eigenvalue weighted by Gasteiger charge is -2.16. The van der Waals surface area contributed by atoms with E-state index in [2.05, 4.69) is 6.92 Å². The van der Waals surface area contributed by atoms with Crippen LogP contribution < -0.4 is 0 Å². The third-order valence-electron chi connectivity index (χ3n) is 4.23. The highest BCUT2D eigenvalue weighted by Gasteiger charge is 2.23. The van der Waals surface area contributed by atoms with Crippen molar-refractivity contribution in [2.24, 2.45) is 5.92 Å². The molecule has 0 aromatic carbocycles. The van der Waals surface area contributed by atoms with Gasteiger partial charge in [-0.1, -0.05) is 58.4 Å². The predicted octanol–water partition coefficient (Wildman–Crippen LogP) is 3.48. The number of aliphatic carboxylic acids is 1. The molecule has 24 heavy (non-hydrogen) atoms. The number of rotatable bonds is 15. The number of aliphatic hydroxyl groups is 2. The van der Waals surface area contributed by atoms with Crippen molar-refractivity contribution in [2.45, 2.75) is 90.3 Å². The molecule has 0 radical (unpaired) electrons. The fourth-order valence-corrected chi connectivity index (χ4v) is 2.41. The van der Waals surface area contributed by atoms with E-state index in [0.29, 0.717) is 0 Å². The van der Waals surface area contributed by atoms with Gasteiger partial charge in [0.25, 0.3) is 0 Å². The summed E-state index contributed by atoms with van der Waals surface area (Å²) in [4.78, 5) is 22.5. The number of aliphatic hydroxyl groups excluding tert-OH is 2. The van der Waals surface area contributed by atoms with Crippen molar-refractivity contribution in [3.8, 4) is 0 Å². The standard InChI is InChI=1S/C19H34O5/c1-3-4-5-6-7-8-9-10-11-12-16(20)18(22)17(21)14-13-15(2)19(23)24/h11-12,15,17-18,21-22H,3-10,13-14H2,1-2H3,(H,23,24)/b12-11-. The third kappa shape index (κ3) is 11.4. The van der Waals surface area contributed by atoms with Crippen LogP contribution in [-0.2, 0) is 9.59 Å². The lowest BCUT2D eigenvalue weighted by atomic mass is 9.98. The molecule has 3 atom stereocenters. The minimum Gasteiger partial charge on any atom is -0.481 e. The molecule has 0 aromatic rings. The molecule has 0 aliphatic carbocycles. The Hall–Kier alpha value is -1.20. The first-order valence-corrected chi connectivity index (χ1v) is 9.19. The Morgan fingerprint density at radius 3 is 2.12 bits per heavy atom. The van der Waals surface area contributed by atoms with Crippen LogP contribution in [0, 0.1) is 5.92 Å². The van der Waals surface area contributed by atoms with Crippen molar-refractivity contribution in [1.82, 2.24) is 0 Å². The van der Waals surface area contributed by atoms with Gasteiger partial charge in [-0.05, 0) is 31.8 Å². The summed E-state index contributed by atoms with van der Waals surface area (Å²) >= 11 is 0. The fraction of sp³-hybridized carbons (Fsp3) is 0.789. The maximum Gasteiger partial charge on any atom is 0.306 e. The van der Waals surface area contributed by atoms with Gasteiger partial charge in [-0.25, -0.2) is 0 Å².